The van der Waals surface area contributed by atoms with Gasteiger partial charge in [0.2, 0.25) is 0 Å². The van der Waals surface area contributed by atoms with Crippen LogP contribution in [0.25, 0.3) is 0 Å². The van der Waals surface area contributed by atoms with Gasteiger partial charge >= 0.3 is 6.09 Å². The number of hydrogen-bond acceptors (Lipinski definition) is 4. The van der Waals surface area contributed by atoms with Crippen molar-refractivity contribution in [3.63, 3.8) is 0 Å². The van der Waals surface area contributed by atoms with Gasteiger partial charge in [-0.2, -0.15) is 0 Å². The molecule has 2 aromatic rings. The summed E-state index contributed by atoms with van der Waals surface area (Å²) in [6.45, 7) is 0.407. The zero-order chi connectivity index (χ0) is 18.8. The molecule has 1 saturated heterocycles. The van der Waals surface area contributed by atoms with Crippen molar-refractivity contribution in [2.45, 2.75) is 50.1 Å². The number of aromatic nitrogens is 1. The third-order valence-corrected chi connectivity index (χ3v) is 5.35. The lowest BCUT2D eigenvalue weighted by Crippen LogP contribution is -2.52. The molecule has 2 aliphatic rings. The van der Waals surface area contributed by atoms with Crippen molar-refractivity contribution in [2.75, 3.05) is 6.54 Å². The van der Waals surface area contributed by atoms with Crippen LogP contribution in [0.1, 0.15) is 53.4 Å². The smallest absolute Gasteiger partial charge is 0.407 e. The first-order chi connectivity index (χ1) is 13.1. The summed E-state index contributed by atoms with van der Waals surface area (Å²) in [6.07, 6.45) is 3.08. The number of amides is 2. The summed E-state index contributed by atoms with van der Waals surface area (Å²) in [7, 11) is 0. The highest BCUT2D eigenvalue weighted by atomic mass is 16.5. The Morgan fingerprint density at radius 3 is 2.70 bits per heavy atom. The van der Waals surface area contributed by atoms with E-state index in [-0.39, 0.29) is 18.0 Å². The molecule has 1 aliphatic heterocycles. The van der Waals surface area contributed by atoms with Crippen LogP contribution >= 0.6 is 0 Å². The van der Waals surface area contributed by atoms with Gasteiger partial charge in [-0.1, -0.05) is 35.5 Å². The molecule has 0 unspecified atom stereocenters. The summed E-state index contributed by atoms with van der Waals surface area (Å²) < 4.78 is 5.25. The van der Waals surface area contributed by atoms with Crippen molar-refractivity contribution in [3.05, 3.63) is 53.4 Å². The molecule has 7 nitrogen and oxygen atoms in total. The van der Waals surface area contributed by atoms with E-state index in [9.17, 15) is 14.7 Å². The van der Waals surface area contributed by atoms with E-state index in [1.807, 2.05) is 30.3 Å². The van der Waals surface area contributed by atoms with E-state index in [1.165, 1.54) is 4.90 Å². The minimum atomic E-state index is -0.911. The summed E-state index contributed by atoms with van der Waals surface area (Å²) in [6, 6.07) is 11.3. The molecule has 2 fully saturated rings. The molecule has 1 saturated carbocycles. The molecule has 4 rings (SSSR count). The van der Waals surface area contributed by atoms with Gasteiger partial charge in [-0.25, -0.2) is 4.79 Å². The highest BCUT2D eigenvalue weighted by Gasteiger charge is 2.33. The van der Waals surface area contributed by atoms with E-state index in [2.05, 4.69) is 10.5 Å². The van der Waals surface area contributed by atoms with Crippen LogP contribution in [-0.4, -0.2) is 45.8 Å². The van der Waals surface area contributed by atoms with Gasteiger partial charge in [0.25, 0.3) is 5.91 Å². The van der Waals surface area contributed by atoms with Gasteiger partial charge in [0, 0.05) is 30.6 Å². The Hall–Kier alpha value is -2.83. The maximum absolute atomic E-state index is 12.5. The molecule has 0 bridgehead atoms. The van der Waals surface area contributed by atoms with Gasteiger partial charge in [0.05, 0.1) is 0 Å². The van der Waals surface area contributed by atoms with Gasteiger partial charge in [-0.05, 0) is 37.7 Å². The zero-order valence-electron chi connectivity index (χ0n) is 15.0. The maximum Gasteiger partial charge on any atom is 0.407 e. The van der Waals surface area contributed by atoms with Gasteiger partial charge in [-0.15, -0.1) is 0 Å². The minimum absolute atomic E-state index is 0.0807. The summed E-state index contributed by atoms with van der Waals surface area (Å²) in [5, 5.41) is 16.4. The highest BCUT2D eigenvalue weighted by Crippen LogP contribution is 2.40. The number of benzene rings is 1. The Labute approximate surface area is 157 Å². The summed E-state index contributed by atoms with van der Waals surface area (Å²) >= 11 is 0. The van der Waals surface area contributed by atoms with E-state index in [0.29, 0.717) is 37.4 Å². The van der Waals surface area contributed by atoms with Crippen LogP contribution < -0.4 is 5.32 Å². The fraction of sp³-hybridized carbons (Fsp3) is 0.450. The van der Waals surface area contributed by atoms with Gasteiger partial charge in [0.1, 0.15) is 5.76 Å². The largest absolute Gasteiger partial charge is 0.465 e. The SMILES string of the molecule is O=C(N[C@H]1CCN(C(=O)O)[C@@H](Cc2ccccc2)C1)c1cc(C2CC2)on1. The number of nitrogens with one attached hydrogen (secondary N) is 1. The van der Waals surface area contributed by atoms with Gasteiger partial charge in [-0.3, -0.25) is 4.79 Å². The molecular weight excluding hydrogens is 346 g/mol. The topological polar surface area (TPSA) is 95.7 Å². The lowest BCUT2D eigenvalue weighted by Gasteiger charge is -2.38. The number of likely N-dealkylation sites (tertiary alicyclic amines) is 1. The number of carbonyl (C=O) groups is 2. The van der Waals surface area contributed by atoms with Crippen molar-refractivity contribution < 1.29 is 19.2 Å². The second kappa shape index (κ2) is 7.42. The Morgan fingerprint density at radius 1 is 1.22 bits per heavy atom. The number of rotatable bonds is 5. The molecule has 2 atom stereocenters. The second-order valence-corrected chi connectivity index (χ2v) is 7.40. The molecule has 2 amide bonds. The third-order valence-electron chi connectivity index (χ3n) is 5.35. The van der Waals surface area contributed by atoms with Crippen LogP contribution in [0.5, 0.6) is 0 Å². The molecule has 2 heterocycles. The van der Waals surface area contributed by atoms with Crippen LogP contribution in [0.3, 0.4) is 0 Å². The van der Waals surface area contributed by atoms with Crippen molar-refractivity contribution >= 4 is 12.0 Å². The maximum atomic E-state index is 12.5. The Balaban J connectivity index is 1.40. The first-order valence-corrected chi connectivity index (χ1v) is 9.41. The first-order valence-electron chi connectivity index (χ1n) is 9.41. The Morgan fingerprint density at radius 2 is 2.00 bits per heavy atom. The molecule has 142 valence electrons. The Kier molecular flexibility index (Phi) is 4.83. The number of piperidine rings is 1. The standard InChI is InChI=1S/C20H23N3O4/c24-19(17-12-18(27-22-17)14-6-7-14)21-15-8-9-23(20(25)26)16(11-15)10-13-4-2-1-3-5-13/h1-5,12,14-16H,6-11H2,(H,21,24)(H,25,26)/t15-,16-/m0/s1. The lowest BCUT2D eigenvalue weighted by molar-refractivity contribution is 0.0825. The molecular formula is C20H23N3O4. The van der Waals surface area contributed by atoms with Crippen molar-refractivity contribution in [1.29, 1.82) is 0 Å². The van der Waals surface area contributed by atoms with E-state index in [0.717, 1.165) is 24.2 Å². The average molecular weight is 369 g/mol. The van der Waals surface area contributed by atoms with Crippen LogP contribution in [0.4, 0.5) is 4.79 Å². The molecule has 0 spiro atoms. The predicted molar refractivity (Wildman–Crippen MR) is 97.6 cm³/mol. The van der Waals surface area contributed by atoms with Crippen LogP contribution in [0.15, 0.2) is 40.9 Å². The fourth-order valence-electron chi connectivity index (χ4n) is 3.73. The molecule has 1 aromatic heterocycles. The number of carbonyl (C=O) groups excluding carboxylic acids is 1. The van der Waals surface area contributed by atoms with Crippen molar-refractivity contribution in [2.24, 2.45) is 0 Å². The van der Waals surface area contributed by atoms with Gasteiger partial charge < -0.3 is 19.8 Å². The van der Waals surface area contributed by atoms with E-state index < -0.39 is 6.09 Å². The first kappa shape index (κ1) is 17.6. The number of nitrogens with zero attached hydrogens (tertiary/aromatic N) is 2. The molecule has 7 heteroatoms. The minimum Gasteiger partial charge on any atom is -0.465 e. The van der Waals surface area contributed by atoms with Crippen LogP contribution in [0.2, 0.25) is 0 Å². The molecule has 2 N–H and O–H groups in total. The number of carboxylic acid groups (broad SMARTS) is 1. The summed E-state index contributed by atoms with van der Waals surface area (Å²) in [5.41, 5.74) is 1.39. The number of hydrogen-bond donors (Lipinski definition) is 2. The van der Waals surface area contributed by atoms with Gasteiger partial charge in [0.15, 0.2) is 5.69 Å². The average Bonchev–Trinajstić information content (AvgIpc) is 3.39. The zero-order valence-corrected chi connectivity index (χ0v) is 15.0. The van der Waals surface area contributed by atoms with E-state index in [1.54, 1.807) is 6.07 Å². The predicted octanol–water partition coefficient (Wildman–Crippen LogP) is 3.04. The normalized spacial score (nSPS) is 22.4. The van der Waals surface area contributed by atoms with Crippen molar-refractivity contribution in [3.8, 4) is 0 Å². The molecule has 1 aromatic carbocycles. The lowest BCUT2D eigenvalue weighted by atomic mass is 9.92. The third kappa shape index (κ3) is 4.13. The fourth-order valence-corrected chi connectivity index (χ4v) is 3.73. The van der Waals surface area contributed by atoms with E-state index in [4.69, 9.17) is 4.52 Å². The monoisotopic (exact) mass is 369 g/mol. The van der Waals surface area contributed by atoms with Crippen molar-refractivity contribution in [1.82, 2.24) is 15.4 Å². The van der Waals surface area contributed by atoms with E-state index >= 15 is 0 Å². The molecule has 1 aliphatic carbocycles. The second-order valence-electron chi connectivity index (χ2n) is 7.40. The summed E-state index contributed by atoms with van der Waals surface area (Å²) in [4.78, 5) is 25.6. The quantitative estimate of drug-likeness (QED) is 0.845. The van der Waals surface area contributed by atoms with Crippen LogP contribution in [0, 0.1) is 0 Å². The highest BCUT2D eigenvalue weighted by molar-refractivity contribution is 5.92. The Bertz CT molecular complexity index is 816. The molecule has 27 heavy (non-hydrogen) atoms. The van der Waals surface area contributed by atoms with Crippen LogP contribution in [-0.2, 0) is 6.42 Å². The molecule has 0 radical (unpaired) electrons. The summed E-state index contributed by atoms with van der Waals surface area (Å²) in [5.74, 6) is 0.939.